The largest absolute Gasteiger partial charge is 0.393 e. The van der Waals surface area contributed by atoms with Crippen LogP contribution in [0.4, 0.5) is 4.79 Å². The first-order chi connectivity index (χ1) is 10.6. The lowest BCUT2D eigenvalue weighted by molar-refractivity contribution is 0.129. The lowest BCUT2D eigenvalue weighted by Gasteiger charge is -2.19. The van der Waals surface area contributed by atoms with Gasteiger partial charge in [-0.15, -0.1) is 0 Å². The van der Waals surface area contributed by atoms with E-state index in [-0.39, 0.29) is 18.1 Å². The van der Waals surface area contributed by atoms with E-state index in [9.17, 15) is 9.90 Å². The molecule has 1 aromatic rings. The molecule has 4 heteroatoms. The smallest absolute Gasteiger partial charge is 0.317 e. The third kappa shape index (κ3) is 3.43. The zero-order valence-corrected chi connectivity index (χ0v) is 13.3. The second-order valence-corrected chi connectivity index (χ2v) is 6.80. The minimum absolute atomic E-state index is 0.0265. The SMILES string of the molecule is C[C@H](O)[C@@H]1CCN(C(=O)NCCC2Cc3ccccc3C2)C1. The van der Waals surface area contributed by atoms with Gasteiger partial charge in [-0.2, -0.15) is 0 Å². The second-order valence-electron chi connectivity index (χ2n) is 6.80. The van der Waals surface area contributed by atoms with Gasteiger partial charge in [-0.3, -0.25) is 0 Å². The van der Waals surface area contributed by atoms with E-state index in [1.165, 1.54) is 11.1 Å². The number of aliphatic hydroxyl groups excluding tert-OH is 1. The van der Waals surface area contributed by atoms with Crippen LogP contribution in [-0.4, -0.2) is 41.8 Å². The van der Waals surface area contributed by atoms with Crippen molar-refractivity contribution in [2.45, 2.75) is 38.7 Å². The fourth-order valence-electron chi connectivity index (χ4n) is 3.71. The molecule has 1 heterocycles. The maximum atomic E-state index is 12.1. The molecule has 4 nitrogen and oxygen atoms in total. The number of nitrogens with one attached hydrogen (secondary N) is 1. The number of hydrogen-bond acceptors (Lipinski definition) is 2. The van der Waals surface area contributed by atoms with Crippen LogP contribution in [0.2, 0.25) is 0 Å². The van der Waals surface area contributed by atoms with Gasteiger partial charge in [0.1, 0.15) is 0 Å². The molecular weight excluding hydrogens is 276 g/mol. The second kappa shape index (κ2) is 6.69. The number of amides is 2. The number of carbonyl (C=O) groups is 1. The lowest BCUT2D eigenvalue weighted by Crippen LogP contribution is -2.39. The van der Waals surface area contributed by atoms with Crippen molar-refractivity contribution in [2.75, 3.05) is 19.6 Å². The van der Waals surface area contributed by atoms with Gasteiger partial charge >= 0.3 is 6.03 Å². The third-order valence-corrected chi connectivity index (χ3v) is 5.16. The fourth-order valence-corrected chi connectivity index (χ4v) is 3.71. The molecule has 2 amide bonds. The van der Waals surface area contributed by atoms with Crippen molar-refractivity contribution >= 4 is 6.03 Å². The minimum atomic E-state index is -0.324. The minimum Gasteiger partial charge on any atom is -0.393 e. The van der Waals surface area contributed by atoms with E-state index in [1.54, 1.807) is 0 Å². The van der Waals surface area contributed by atoms with Crippen LogP contribution in [0.1, 0.15) is 30.9 Å². The first-order valence-corrected chi connectivity index (χ1v) is 8.41. The van der Waals surface area contributed by atoms with Crippen molar-refractivity contribution in [1.29, 1.82) is 0 Å². The number of nitrogens with zero attached hydrogens (tertiary/aromatic N) is 1. The van der Waals surface area contributed by atoms with Crippen molar-refractivity contribution in [3.8, 4) is 0 Å². The number of likely N-dealkylation sites (tertiary alicyclic amines) is 1. The molecule has 2 atom stereocenters. The quantitative estimate of drug-likeness (QED) is 0.896. The number of aliphatic hydroxyl groups is 1. The molecule has 1 aliphatic carbocycles. The molecule has 0 unspecified atom stereocenters. The Labute approximate surface area is 132 Å². The van der Waals surface area contributed by atoms with Gasteiger partial charge in [-0.05, 0) is 49.7 Å². The molecule has 1 saturated heterocycles. The summed E-state index contributed by atoms with van der Waals surface area (Å²) in [5.41, 5.74) is 2.94. The molecule has 1 fully saturated rings. The van der Waals surface area contributed by atoms with Crippen LogP contribution in [0.25, 0.3) is 0 Å². The van der Waals surface area contributed by atoms with E-state index in [0.29, 0.717) is 12.5 Å². The standard InChI is InChI=1S/C18H26N2O2/c1-13(21)17-7-9-20(12-17)18(22)19-8-6-14-10-15-4-2-3-5-16(15)11-14/h2-5,13-14,17,21H,6-12H2,1H3,(H,19,22)/t13-,17+/m0/s1. The van der Waals surface area contributed by atoms with Gasteiger partial charge in [0, 0.05) is 25.6 Å². The summed E-state index contributed by atoms with van der Waals surface area (Å²) in [6.45, 7) is 3.99. The van der Waals surface area contributed by atoms with Crippen LogP contribution in [0.15, 0.2) is 24.3 Å². The van der Waals surface area contributed by atoms with E-state index >= 15 is 0 Å². The zero-order chi connectivity index (χ0) is 15.5. The van der Waals surface area contributed by atoms with Crippen LogP contribution in [0.5, 0.6) is 0 Å². The Balaban J connectivity index is 1.38. The van der Waals surface area contributed by atoms with Gasteiger partial charge in [0.15, 0.2) is 0 Å². The van der Waals surface area contributed by atoms with Gasteiger partial charge in [0.05, 0.1) is 6.10 Å². The maximum absolute atomic E-state index is 12.1. The third-order valence-electron chi connectivity index (χ3n) is 5.16. The van der Waals surface area contributed by atoms with Gasteiger partial charge in [-0.1, -0.05) is 24.3 Å². The van der Waals surface area contributed by atoms with E-state index in [1.807, 2.05) is 11.8 Å². The summed E-state index contributed by atoms with van der Waals surface area (Å²) >= 11 is 0. The van der Waals surface area contributed by atoms with Crippen molar-refractivity contribution in [3.63, 3.8) is 0 Å². The summed E-state index contributed by atoms with van der Waals surface area (Å²) in [4.78, 5) is 14.0. The summed E-state index contributed by atoms with van der Waals surface area (Å²) in [6, 6.07) is 8.67. The Kier molecular flexibility index (Phi) is 4.67. The molecule has 2 N–H and O–H groups in total. The highest BCUT2D eigenvalue weighted by molar-refractivity contribution is 5.74. The first-order valence-electron chi connectivity index (χ1n) is 8.41. The van der Waals surface area contributed by atoms with E-state index in [4.69, 9.17) is 0 Å². The zero-order valence-electron chi connectivity index (χ0n) is 13.3. The van der Waals surface area contributed by atoms with Crippen molar-refractivity contribution < 1.29 is 9.90 Å². The Bertz CT molecular complexity index is 505. The van der Waals surface area contributed by atoms with Gasteiger partial charge < -0.3 is 15.3 Å². The molecule has 22 heavy (non-hydrogen) atoms. The Morgan fingerprint density at radius 1 is 1.36 bits per heavy atom. The van der Waals surface area contributed by atoms with Gasteiger partial charge in [-0.25, -0.2) is 4.79 Å². The Hall–Kier alpha value is -1.55. The summed E-state index contributed by atoms with van der Waals surface area (Å²) in [7, 11) is 0. The summed E-state index contributed by atoms with van der Waals surface area (Å²) in [6.07, 6.45) is 3.89. The molecule has 0 bridgehead atoms. The molecule has 1 aromatic carbocycles. The molecule has 0 saturated carbocycles. The van der Waals surface area contributed by atoms with Crippen LogP contribution >= 0.6 is 0 Å². The molecule has 0 radical (unpaired) electrons. The maximum Gasteiger partial charge on any atom is 0.317 e. The number of fused-ring (bicyclic) bond motifs is 1. The molecule has 120 valence electrons. The van der Waals surface area contributed by atoms with Crippen molar-refractivity contribution in [2.24, 2.45) is 11.8 Å². The predicted octanol–water partition coefficient (Wildman–Crippen LogP) is 2.20. The van der Waals surface area contributed by atoms with Gasteiger partial charge in [0.2, 0.25) is 0 Å². The fraction of sp³-hybridized carbons (Fsp3) is 0.611. The summed E-state index contributed by atoms with van der Waals surface area (Å²) < 4.78 is 0. The molecule has 1 aliphatic heterocycles. The molecule has 0 aromatic heterocycles. The Morgan fingerprint density at radius 2 is 2.05 bits per heavy atom. The molecular formula is C18H26N2O2. The van der Waals surface area contributed by atoms with Crippen LogP contribution in [-0.2, 0) is 12.8 Å². The average Bonchev–Trinajstić information content (AvgIpc) is 3.13. The monoisotopic (exact) mass is 302 g/mol. The van der Waals surface area contributed by atoms with Gasteiger partial charge in [0.25, 0.3) is 0 Å². The highest BCUT2D eigenvalue weighted by atomic mass is 16.3. The first kappa shape index (κ1) is 15.3. The predicted molar refractivity (Wildman–Crippen MR) is 86.7 cm³/mol. The molecule has 2 aliphatic rings. The molecule has 3 rings (SSSR count). The number of rotatable bonds is 4. The normalized spacial score (nSPS) is 22.6. The average molecular weight is 302 g/mol. The number of hydrogen-bond donors (Lipinski definition) is 2. The summed E-state index contributed by atoms with van der Waals surface area (Å²) in [5, 5.41) is 12.6. The number of benzene rings is 1. The van der Waals surface area contributed by atoms with E-state index in [0.717, 1.165) is 38.8 Å². The number of carbonyl (C=O) groups excluding carboxylic acids is 1. The Morgan fingerprint density at radius 3 is 2.64 bits per heavy atom. The van der Waals surface area contributed by atoms with Crippen molar-refractivity contribution in [1.82, 2.24) is 10.2 Å². The lowest BCUT2D eigenvalue weighted by atomic mass is 10.0. The van der Waals surface area contributed by atoms with Crippen LogP contribution in [0, 0.1) is 11.8 Å². The van der Waals surface area contributed by atoms with Crippen LogP contribution in [0.3, 0.4) is 0 Å². The van der Waals surface area contributed by atoms with Crippen molar-refractivity contribution in [3.05, 3.63) is 35.4 Å². The summed E-state index contributed by atoms with van der Waals surface area (Å²) in [5.74, 6) is 0.886. The molecule has 0 spiro atoms. The number of urea groups is 1. The van der Waals surface area contributed by atoms with E-state index in [2.05, 4.69) is 29.6 Å². The van der Waals surface area contributed by atoms with Crippen LogP contribution < -0.4 is 5.32 Å². The highest BCUT2D eigenvalue weighted by Gasteiger charge is 2.29. The topological polar surface area (TPSA) is 52.6 Å². The van der Waals surface area contributed by atoms with E-state index < -0.39 is 0 Å². The highest BCUT2D eigenvalue weighted by Crippen LogP contribution is 2.28.